The summed E-state index contributed by atoms with van der Waals surface area (Å²) >= 11 is 7.42. The van der Waals surface area contributed by atoms with Crippen molar-refractivity contribution in [1.82, 2.24) is 9.88 Å². The highest BCUT2D eigenvalue weighted by molar-refractivity contribution is 9.10. The fourth-order valence-electron chi connectivity index (χ4n) is 4.54. The van der Waals surface area contributed by atoms with E-state index >= 15 is 0 Å². The number of hydrogen-bond donors (Lipinski definition) is 0. The third kappa shape index (κ3) is 3.36. The first-order valence-corrected chi connectivity index (χ1v) is 10.7. The van der Waals surface area contributed by atoms with Gasteiger partial charge in [-0.2, -0.15) is 0 Å². The van der Waals surface area contributed by atoms with Crippen LogP contribution in [0.25, 0.3) is 0 Å². The second kappa shape index (κ2) is 7.43. The lowest BCUT2D eigenvalue weighted by molar-refractivity contribution is -0.119. The zero-order valence-corrected chi connectivity index (χ0v) is 17.9. The van der Waals surface area contributed by atoms with E-state index in [-0.39, 0.29) is 5.92 Å². The summed E-state index contributed by atoms with van der Waals surface area (Å²) in [6.45, 7) is 3.47. The van der Waals surface area contributed by atoms with Gasteiger partial charge in [-0.3, -0.25) is 9.78 Å². The molecule has 2 aliphatic rings. The molecule has 136 valence electrons. The lowest BCUT2D eigenvalue weighted by Crippen LogP contribution is -2.35. The molecule has 0 unspecified atom stereocenters. The van der Waals surface area contributed by atoms with Gasteiger partial charge in [0.1, 0.15) is 1.37 Å². The lowest BCUT2D eigenvalue weighted by Gasteiger charge is -2.35. The minimum Gasteiger partial charge on any atom is -0.345 e. The largest absolute Gasteiger partial charge is 0.345 e. The van der Waals surface area contributed by atoms with Gasteiger partial charge in [0, 0.05) is 34.1 Å². The van der Waals surface area contributed by atoms with Gasteiger partial charge < -0.3 is 4.90 Å². The van der Waals surface area contributed by atoms with Crippen molar-refractivity contribution in [2.24, 2.45) is 5.92 Å². The van der Waals surface area contributed by atoms with Crippen LogP contribution >= 0.6 is 31.9 Å². The van der Waals surface area contributed by atoms with Crippen molar-refractivity contribution in [3.63, 3.8) is 0 Å². The Hall–Kier alpha value is -1.20. The number of nitrogens with zero attached hydrogens (tertiary/aromatic N) is 2. The molecule has 0 saturated carbocycles. The van der Waals surface area contributed by atoms with E-state index < -0.39 is 6.39 Å². The molecule has 1 atom stereocenters. The number of carbonyl (C=O) groups is 1. The van der Waals surface area contributed by atoms with Gasteiger partial charge in [-0.05, 0) is 88.8 Å². The van der Waals surface area contributed by atoms with Crippen LogP contribution in [0.5, 0.6) is 0 Å². The Morgan fingerprint density at radius 1 is 1.19 bits per heavy atom. The number of aryl methyl sites for hydroxylation is 3. The summed E-state index contributed by atoms with van der Waals surface area (Å²) in [5, 5.41) is 0. The van der Waals surface area contributed by atoms with E-state index in [0.29, 0.717) is 19.0 Å². The Morgan fingerprint density at radius 2 is 1.92 bits per heavy atom. The molecule has 1 fully saturated rings. The molecule has 1 amide bonds. The van der Waals surface area contributed by atoms with Crippen molar-refractivity contribution in [1.29, 1.82) is 0 Å². The van der Waals surface area contributed by atoms with Gasteiger partial charge >= 0.3 is 0 Å². The summed E-state index contributed by atoms with van der Waals surface area (Å²) in [6, 6.07) is 6.74. The van der Waals surface area contributed by atoms with E-state index in [9.17, 15) is 4.79 Å². The van der Waals surface area contributed by atoms with Crippen LogP contribution in [0.1, 0.15) is 48.1 Å². The zero-order chi connectivity index (χ0) is 19.1. The van der Waals surface area contributed by atoms with Gasteiger partial charge in [0.25, 0.3) is 0 Å². The first-order chi connectivity index (χ1) is 12.9. The molecule has 0 bridgehead atoms. The average Bonchev–Trinajstić information content (AvgIpc) is 2.78. The summed E-state index contributed by atoms with van der Waals surface area (Å²) in [6.07, 6.45) is 5.17. The molecule has 0 radical (unpaired) electrons. The number of halogens is 2. The summed E-state index contributed by atoms with van der Waals surface area (Å²) in [5.74, 6) is 0.646. The number of amides is 1. The molecule has 5 heteroatoms. The first-order valence-electron chi connectivity index (χ1n) is 9.62. The van der Waals surface area contributed by atoms with Gasteiger partial charge in [-0.25, -0.2) is 0 Å². The van der Waals surface area contributed by atoms with Crippen molar-refractivity contribution in [2.75, 3.05) is 13.1 Å². The maximum absolute atomic E-state index is 11.4. The van der Waals surface area contributed by atoms with E-state index in [1.54, 1.807) is 4.90 Å². The summed E-state index contributed by atoms with van der Waals surface area (Å²) in [5.41, 5.74) is 6.53. The third-order valence-electron chi connectivity index (χ3n) is 5.74. The SMILES string of the molecule is [3H]C(=O)N1CCC([C@H]2c3ncc(Br)cc3CCc3cc(C)cc(Br)c32)CC1. The highest BCUT2D eigenvalue weighted by Crippen LogP contribution is 2.45. The number of fused-ring (bicyclic) bond motifs is 2. The molecule has 0 N–H and O–H groups in total. The van der Waals surface area contributed by atoms with Gasteiger partial charge in [0.15, 0.2) is 0 Å². The van der Waals surface area contributed by atoms with Crippen molar-refractivity contribution in [2.45, 2.75) is 38.5 Å². The normalized spacial score (nSPS) is 20.8. The number of likely N-dealkylation sites (tertiary alicyclic amines) is 1. The van der Waals surface area contributed by atoms with E-state index in [2.05, 4.69) is 57.0 Å². The Kier molecular flexibility index (Phi) is 4.84. The molecular weight excluding hydrogens is 456 g/mol. The fourth-order valence-corrected chi connectivity index (χ4v) is 5.78. The van der Waals surface area contributed by atoms with Crippen LogP contribution in [-0.4, -0.2) is 29.4 Å². The Balaban J connectivity index is 1.80. The highest BCUT2D eigenvalue weighted by Gasteiger charge is 2.35. The number of piperidine rings is 1. The standard InChI is InChI=1S/C21H22Br2N2O/c1-13-8-15-2-3-16-10-17(22)11-24-21(16)20(19(15)18(23)9-13)14-4-6-25(12-26)7-5-14/h8-12,14,20H,2-7H2,1H3/t20-/m1/s1/i12T. The van der Waals surface area contributed by atoms with Crippen LogP contribution < -0.4 is 0 Å². The summed E-state index contributed by atoms with van der Waals surface area (Å²) < 4.78 is 9.58. The monoisotopic (exact) mass is 478 g/mol. The lowest BCUT2D eigenvalue weighted by atomic mass is 9.76. The first kappa shape index (κ1) is 16.9. The molecule has 1 aromatic heterocycles. The summed E-state index contributed by atoms with van der Waals surface area (Å²) in [4.78, 5) is 17.9. The van der Waals surface area contributed by atoms with Crippen LogP contribution in [-0.2, 0) is 17.6 Å². The Morgan fingerprint density at radius 3 is 2.65 bits per heavy atom. The van der Waals surface area contributed by atoms with Crippen LogP contribution in [0.2, 0.25) is 0 Å². The minimum atomic E-state index is -0.561. The number of pyridine rings is 1. The third-order valence-corrected chi connectivity index (χ3v) is 6.83. The molecular formula is C21H22Br2N2O. The molecule has 1 aliphatic heterocycles. The molecule has 26 heavy (non-hydrogen) atoms. The van der Waals surface area contributed by atoms with Crippen molar-refractivity contribution in [3.8, 4) is 0 Å². The average molecular weight is 480 g/mol. The number of rotatable bonds is 1. The molecule has 2 heterocycles. The molecule has 2 aromatic rings. The predicted molar refractivity (Wildman–Crippen MR) is 110 cm³/mol. The van der Waals surface area contributed by atoms with Crippen molar-refractivity contribution >= 4 is 38.2 Å². The van der Waals surface area contributed by atoms with E-state index in [1.165, 1.54) is 32.4 Å². The van der Waals surface area contributed by atoms with E-state index in [1.807, 2.05) is 6.20 Å². The van der Waals surface area contributed by atoms with Crippen LogP contribution in [0, 0.1) is 12.8 Å². The Bertz CT molecular complexity index is 894. The van der Waals surface area contributed by atoms with Gasteiger partial charge in [0.05, 0.1) is 5.69 Å². The predicted octanol–water partition coefficient (Wildman–Crippen LogP) is 5.01. The maximum Gasteiger partial charge on any atom is 0.209 e. The minimum absolute atomic E-state index is 0.226. The van der Waals surface area contributed by atoms with Gasteiger partial charge in [-0.1, -0.05) is 22.0 Å². The molecule has 0 spiro atoms. The molecule has 3 nitrogen and oxygen atoms in total. The number of hydrogen-bond acceptors (Lipinski definition) is 2. The topological polar surface area (TPSA) is 33.2 Å². The summed E-state index contributed by atoms with van der Waals surface area (Å²) in [7, 11) is 0. The van der Waals surface area contributed by atoms with Crippen LogP contribution in [0.4, 0.5) is 0 Å². The number of carbonyl (C=O) groups excluding carboxylic acids is 1. The Labute approximate surface area is 172 Å². The fraction of sp³-hybridized carbons (Fsp3) is 0.429. The van der Waals surface area contributed by atoms with Gasteiger partial charge in [0.2, 0.25) is 6.39 Å². The van der Waals surface area contributed by atoms with E-state index in [0.717, 1.165) is 30.2 Å². The second-order valence-electron chi connectivity index (χ2n) is 7.41. The highest BCUT2D eigenvalue weighted by atomic mass is 79.9. The maximum atomic E-state index is 11.4. The quantitative estimate of drug-likeness (QED) is 0.538. The molecule has 4 rings (SSSR count). The van der Waals surface area contributed by atoms with Crippen LogP contribution in [0.3, 0.4) is 0 Å². The smallest absolute Gasteiger partial charge is 0.209 e. The number of benzene rings is 1. The second-order valence-corrected chi connectivity index (χ2v) is 9.18. The molecule has 1 aliphatic carbocycles. The molecule has 1 saturated heterocycles. The number of aromatic nitrogens is 1. The van der Waals surface area contributed by atoms with Crippen molar-refractivity contribution < 1.29 is 6.17 Å². The van der Waals surface area contributed by atoms with Crippen LogP contribution in [0.15, 0.2) is 33.3 Å². The molecule has 1 aromatic carbocycles. The van der Waals surface area contributed by atoms with Gasteiger partial charge in [-0.15, -0.1) is 0 Å². The van der Waals surface area contributed by atoms with E-state index in [4.69, 9.17) is 6.35 Å². The zero-order valence-electron chi connectivity index (χ0n) is 15.8. The van der Waals surface area contributed by atoms with Crippen molar-refractivity contribution in [3.05, 3.63) is 61.3 Å².